The molecular formula is C77H126N10O11S2. The average Bonchev–Trinajstić information content (AvgIpc) is 1.63. The number of nitrogens with zero attached hydrogens (tertiary/aromatic N) is 4. The van der Waals surface area contributed by atoms with Crippen molar-refractivity contribution in [2.24, 2.45) is 11.8 Å². The summed E-state index contributed by atoms with van der Waals surface area (Å²) in [7, 11) is 1.75. The van der Waals surface area contributed by atoms with Crippen molar-refractivity contribution in [2.75, 3.05) is 61.6 Å². The lowest BCUT2D eigenvalue weighted by Crippen LogP contribution is -2.47. The molecule has 1 aliphatic carbocycles. The number of carbonyl (C=O) groups is 8. The van der Waals surface area contributed by atoms with Crippen LogP contribution in [0.25, 0.3) is 11.2 Å². The van der Waals surface area contributed by atoms with Crippen molar-refractivity contribution in [1.29, 1.82) is 0 Å². The van der Waals surface area contributed by atoms with E-state index in [1.807, 2.05) is 24.3 Å². The van der Waals surface area contributed by atoms with E-state index in [2.05, 4.69) is 57.0 Å². The number of hydrogen-bond acceptors (Lipinski definition) is 18. The molecule has 2 aromatic heterocycles. The van der Waals surface area contributed by atoms with Crippen LogP contribution in [0.1, 0.15) is 283 Å². The summed E-state index contributed by atoms with van der Waals surface area (Å²) in [6.07, 6.45) is 36.9. The van der Waals surface area contributed by atoms with Gasteiger partial charge in [0.25, 0.3) is 0 Å². The molecule has 2 aliphatic rings. The van der Waals surface area contributed by atoms with Gasteiger partial charge in [0, 0.05) is 62.7 Å². The lowest BCUT2D eigenvalue weighted by atomic mass is 9.81. The summed E-state index contributed by atoms with van der Waals surface area (Å²) in [6.45, 7) is 9.52. The topological polar surface area (TPSA) is 296 Å². The molecule has 2 fully saturated rings. The first-order valence-corrected chi connectivity index (χ1v) is 41.0. The number of benzene rings is 1. The number of thioether (sulfide) groups is 2. The highest BCUT2D eigenvalue weighted by Crippen LogP contribution is 2.33. The first-order valence-electron chi connectivity index (χ1n) is 38.8. The van der Waals surface area contributed by atoms with E-state index >= 15 is 0 Å². The number of likely N-dealkylation sites (N-methyl/N-ethyl adjacent to an activating group) is 1. The maximum atomic E-state index is 14.6. The number of ketones is 2. The van der Waals surface area contributed by atoms with Gasteiger partial charge in [0.05, 0.1) is 29.6 Å². The molecule has 5 rings (SSSR count). The van der Waals surface area contributed by atoms with Gasteiger partial charge in [-0.1, -0.05) is 206 Å². The molecule has 1 saturated heterocycles. The highest BCUT2D eigenvalue weighted by Gasteiger charge is 2.41. The van der Waals surface area contributed by atoms with Gasteiger partial charge in [-0.2, -0.15) is 21.7 Å². The Morgan fingerprint density at radius 3 is 1.79 bits per heavy atom. The molecule has 23 heteroatoms. The zero-order valence-electron chi connectivity index (χ0n) is 61.7. The predicted molar refractivity (Wildman–Crippen MR) is 404 cm³/mol. The van der Waals surface area contributed by atoms with E-state index in [0.29, 0.717) is 80.7 Å². The summed E-state index contributed by atoms with van der Waals surface area (Å²) in [6, 6.07) is 6.21. The van der Waals surface area contributed by atoms with E-state index < -0.39 is 29.0 Å². The summed E-state index contributed by atoms with van der Waals surface area (Å²) < 4.78 is 13.4. The number of unbranched alkanes of at least 4 members (excludes halogenated alkanes) is 26. The van der Waals surface area contributed by atoms with Crippen molar-refractivity contribution in [3.8, 4) is 0 Å². The number of likely N-dealkylation sites (tertiary alicyclic amines) is 1. The van der Waals surface area contributed by atoms with Crippen molar-refractivity contribution in [3.05, 3.63) is 45.9 Å². The van der Waals surface area contributed by atoms with Crippen LogP contribution in [-0.4, -0.2) is 146 Å². The molecule has 0 radical (unpaired) electrons. The fourth-order valence-electron chi connectivity index (χ4n) is 13.3. The van der Waals surface area contributed by atoms with Gasteiger partial charge in [-0.3, -0.25) is 47.8 Å². The SMILES string of the molecule is CCCCCCCCCCCCCCCC(=O)OCC(CSCC(NC(=O)C1CCC(CN2C(=O)CC(SCC(=O)NCCCCC(NC)C(C)=O)C2=O)CC1)C(=O)Cc1ccc(Cn2c(=O)[nH]c3c(N)nc(NCCCC)nc32)cc1)OC(=O)CCCCCCCCCCCCCCC. The summed E-state index contributed by atoms with van der Waals surface area (Å²) >= 11 is 2.52. The average molecular weight is 1430 g/mol. The van der Waals surface area contributed by atoms with E-state index in [1.54, 1.807) is 14.0 Å². The largest absolute Gasteiger partial charge is 0.462 e. The third kappa shape index (κ3) is 33.5. The van der Waals surface area contributed by atoms with Crippen LogP contribution in [0, 0.1) is 11.8 Å². The number of imidazole rings is 1. The minimum atomic E-state index is -0.939. The van der Waals surface area contributed by atoms with Crippen LogP contribution in [-0.2, 0) is 60.8 Å². The van der Waals surface area contributed by atoms with Crippen molar-refractivity contribution >= 4 is 93.6 Å². The molecular weight excluding hydrogens is 1310 g/mol. The predicted octanol–water partition coefficient (Wildman–Crippen LogP) is 13.8. The van der Waals surface area contributed by atoms with E-state index in [9.17, 15) is 43.2 Å². The van der Waals surface area contributed by atoms with Crippen molar-refractivity contribution in [3.63, 3.8) is 0 Å². The van der Waals surface area contributed by atoms with Crippen molar-refractivity contribution in [1.82, 2.24) is 40.4 Å². The summed E-state index contributed by atoms with van der Waals surface area (Å²) in [5, 5.41) is 11.5. The lowest BCUT2D eigenvalue weighted by molar-refractivity contribution is -0.157. The molecule has 562 valence electrons. The molecule has 3 heterocycles. The second kappa shape index (κ2) is 50.5. The Kier molecular flexibility index (Phi) is 42.9. The minimum absolute atomic E-state index is 0.0148. The first kappa shape index (κ1) is 84.8. The molecule has 0 spiro atoms. The number of aromatic amines is 1. The minimum Gasteiger partial charge on any atom is -0.462 e. The number of imide groups is 1. The van der Waals surface area contributed by atoms with Gasteiger partial charge in [0.15, 0.2) is 17.2 Å². The molecule has 7 N–H and O–H groups in total. The van der Waals surface area contributed by atoms with Gasteiger partial charge in [-0.05, 0) is 95.2 Å². The van der Waals surface area contributed by atoms with Gasteiger partial charge in [-0.15, -0.1) is 11.8 Å². The molecule has 100 heavy (non-hydrogen) atoms. The van der Waals surface area contributed by atoms with Crippen molar-refractivity contribution < 1.29 is 47.8 Å². The molecule has 4 atom stereocenters. The highest BCUT2D eigenvalue weighted by molar-refractivity contribution is 8.01. The van der Waals surface area contributed by atoms with Crippen LogP contribution in [0.4, 0.5) is 11.8 Å². The molecule has 1 aliphatic heterocycles. The number of nitrogens with one attached hydrogen (secondary N) is 5. The number of anilines is 2. The number of carbonyl (C=O) groups excluding carboxylic acids is 8. The third-order valence-electron chi connectivity index (χ3n) is 19.6. The fourth-order valence-corrected chi connectivity index (χ4v) is 15.3. The zero-order valence-corrected chi connectivity index (χ0v) is 63.3. The number of hydrogen-bond donors (Lipinski definition) is 6. The first-order chi connectivity index (χ1) is 48.5. The number of ether oxygens (including phenoxy) is 2. The fraction of sp³-hybridized carbons (Fsp3) is 0.753. The maximum Gasteiger partial charge on any atom is 0.328 e. The van der Waals surface area contributed by atoms with Gasteiger partial charge in [0.1, 0.15) is 24.0 Å². The van der Waals surface area contributed by atoms with E-state index in [4.69, 9.17) is 15.2 Å². The number of Topliss-reactive ketones (excluding diaryl/α,β-unsaturated/α-hetero) is 2. The number of nitrogen functional groups attached to an aromatic ring is 1. The number of fused-ring (bicyclic) bond motifs is 1. The summed E-state index contributed by atoms with van der Waals surface area (Å²) in [5.74, 6) is -1.45. The number of aromatic nitrogens is 4. The number of nitrogens with two attached hydrogens (primary N) is 1. The Labute approximate surface area is 606 Å². The monoisotopic (exact) mass is 1430 g/mol. The Bertz CT molecular complexity index is 2950. The van der Waals surface area contributed by atoms with E-state index in [0.717, 1.165) is 69.8 Å². The van der Waals surface area contributed by atoms with E-state index in [-0.39, 0.29) is 128 Å². The van der Waals surface area contributed by atoms with Gasteiger partial charge in [-0.25, -0.2) is 4.79 Å². The van der Waals surface area contributed by atoms with Crippen molar-refractivity contribution in [2.45, 2.75) is 308 Å². The molecule has 0 bridgehead atoms. The molecule has 4 amide bonds. The quantitative estimate of drug-likeness (QED) is 0.0174. The standard InChI is InChI=1S/C77H126N10O11S2/c1-6-9-12-14-16-18-20-22-24-26-28-30-32-37-69(92)97-53-62(98-70(93)38-33-31-29-27-25-23-21-19-17-15-13-10-7-2)54-99-55-64(65(89)49-58-39-41-59(42-40-58)52-87-73-71(83-77(87)96)72(78)84-76(85-73)81-47-11-8-3)82-74(94)61-45-43-60(44-46-61)51-86-68(91)50-66(75(86)95)100-56-67(90)80-48-35-34-36-63(79-5)57(4)88/h39-42,60-64,66,79H,6-38,43-56H2,1-5H3,(H,80,90)(H,82,94)(H,83,96)(H3,78,81,84,85). The summed E-state index contributed by atoms with van der Waals surface area (Å²) in [4.78, 5) is 133. The molecule has 21 nitrogen and oxygen atoms in total. The van der Waals surface area contributed by atoms with Crippen LogP contribution < -0.4 is 32.7 Å². The van der Waals surface area contributed by atoms with Crippen LogP contribution in [0.2, 0.25) is 0 Å². The van der Waals surface area contributed by atoms with E-state index in [1.165, 1.54) is 149 Å². The maximum absolute atomic E-state index is 14.6. The smallest absolute Gasteiger partial charge is 0.328 e. The van der Waals surface area contributed by atoms with Gasteiger partial charge >= 0.3 is 17.6 Å². The Morgan fingerprint density at radius 1 is 0.660 bits per heavy atom. The Hall–Kier alpha value is -5.81. The van der Waals surface area contributed by atoms with Gasteiger partial charge < -0.3 is 41.5 Å². The third-order valence-corrected chi connectivity index (χ3v) is 21.9. The Morgan fingerprint density at radius 2 is 1.22 bits per heavy atom. The second-order valence-corrected chi connectivity index (χ2v) is 30.4. The second-order valence-electron chi connectivity index (χ2n) is 28.1. The molecule has 4 unspecified atom stereocenters. The number of amides is 4. The van der Waals surface area contributed by atoms with Crippen LogP contribution in [0.3, 0.4) is 0 Å². The van der Waals surface area contributed by atoms with Crippen LogP contribution in [0.15, 0.2) is 29.1 Å². The highest BCUT2D eigenvalue weighted by atomic mass is 32.2. The zero-order chi connectivity index (χ0) is 72.1. The molecule has 3 aromatic rings. The number of H-pyrrole nitrogens is 1. The van der Waals surface area contributed by atoms with Gasteiger partial charge in [0.2, 0.25) is 29.6 Å². The Balaban J connectivity index is 1.19. The lowest BCUT2D eigenvalue weighted by Gasteiger charge is -2.31. The summed E-state index contributed by atoms with van der Waals surface area (Å²) in [5.41, 5.74) is 8.05. The van der Waals surface area contributed by atoms with Crippen LogP contribution >= 0.6 is 23.5 Å². The molecule has 1 saturated carbocycles. The number of esters is 2. The van der Waals surface area contributed by atoms with Crippen LogP contribution in [0.5, 0.6) is 0 Å². The normalized spacial score (nSPS) is 16.4. The number of rotatable bonds is 58. The molecule has 1 aromatic carbocycles.